The highest BCUT2D eigenvalue weighted by Gasteiger charge is 2.17. The lowest BCUT2D eigenvalue weighted by Crippen LogP contribution is -2.34. The molecule has 1 aromatic rings. The molecule has 0 atom stereocenters. The average Bonchev–Trinajstić information content (AvgIpc) is 2.58. The van der Waals surface area contributed by atoms with Crippen LogP contribution < -0.4 is 0 Å². The standard InChI is InChI=1S/C11H19N5O2/c1-14-10(12-9-13-14)7-15-3-2-4-16(6-5-15)8-11(17)18/h9H,2-8H2,1H3,(H,17,18). The van der Waals surface area contributed by atoms with Crippen LogP contribution in [0.3, 0.4) is 0 Å². The number of aliphatic carboxylic acids is 1. The van der Waals surface area contributed by atoms with Gasteiger partial charge < -0.3 is 5.11 Å². The quantitative estimate of drug-likeness (QED) is 0.773. The van der Waals surface area contributed by atoms with Crippen LogP contribution in [-0.2, 0) is 18.4 Å². The Hall–Kier alpha value is -1.47. The van der Waals surface area contributed by atoms with Gasteiger partial charge in [-0.1, -0.05) is 0 Å². The van der Waals surface area contributed by atoms with Crippen molar-refractivity contribution in [3.63, 3.8) is 0 Å². The topological polar surface area (TPSA) is 74.5 Å². The van der Waals surface area contributed by atoms with E-state index in [9.17, 15) is 4.79 Å². The summed E-state index contributed by atoms with van der Waals surface area (Å²) >= 11 is 0. The van der Waals surface area contributed by atoms with Crippen molar-refractivity contribution in [1.82, 2.24) is 24.6 Å². The first-order chi connectivity index (χ1) is 8.65. The lowest BCUT2D eigenvalue weighted by atomic mass is 10.3. The first-order valence-electron chi connectivity index (χ1n) is 6.14. The first-order valence-corrected chi connectivity index (χ1v) is 6.14. The van der Waals surface area contributed by atoms with Crippen LogP contribution >= 0.6 is 0 Å². The molecule has 0 unspecified atom stereocenters. The molecule has 2 rings (SSSR count). The molecule has 7 nitrogen and oxygen atoms in total. The first kappa shape index (κ1) is 13.0. The predicted molar refractivity (Wildman–Crippen MR) is 65.0 cm³/mol. The minimum Gasteiger partial charge on any atom is -0.480 e. The Morgan fingerprint density at radius 3 is 2.72 bits per heavy atom. The van der Waals surface area contributed by atoms with Gasteiger partial charge in [-0.2, -0.15) is 5.10 Å². The van der Waals surface area contributed by atoms with Crippen molar-refractivity contribution in [3.8, 4) is 0 Å². The normalized spacial score (nSPS) is 18.7. The molecule has 0 aromatic carbocycles. The maximum Gasteiger partial charge on any atom is 0.317 e. The van der Waals surface area contributed by atoms with Crippen molar-refractivity contribution in [2.24, 2.45) is 7.05 Å². The van der Waals surface area contributed by atoms with Crippen molar-refractivity contribution >= 4 is 5.97 Å². The zero-order chi connectivity index (χ0) is 13.0. The third-order valence-electron chi connectivity index (χ3n) is 3.21. The number of aryl methyl sites for hydroxylation is 1. The monoisotopic (exact) mass is 253 g/mol. The number of rotatable bonds is 4. The smallest absolute Gasteiger partial charge is 0.317 e. The highest BCUT2D eigenvalue weighted by molar-refractivity contribution is 5.69. The van der Waals surface area contributed by atoms with Crippen molar-refractivity contribution in [1.29, 1.82) is 0 Å². The molecule has 1 saturated heterocycles. The molecule has 0 radical (unpaired) electrons. The molecule has 100 valence electrons. The zero-order valence-electron chi connectivity index (χ0n) is 10.6. The molecule has 0 bridgehead atoms. The van der Waals surface area contributed by atoms with Crippen LogP contribution in [0.25, 0.3) is 0 Å². The number of carboxylic acid groups (broad SMARTS) is 1. The zero-order valence-corrected chi connectivity index (χ0v) is 10.6. The van der Waals surface area contributed by atoms with Gasteiger partial charge in [0.1, 0.15) is 12.2 Å². The number of hydrogen-bond acceptors (Lipinski definition) is 5. The highest BCUT2D eigenvalue weighted by Crippen LogP contribution is 2.06. The molecule has 2 heterocycles. The number of carbonyl (C=O) groups is 1. The number of hydrogen-bond donors (Lipinski definition) is 1. The van der Waals surface area contributed by atoms with Crippen molar-refractivity contribution in [3.05, 3.63) is 12.2 Å². The third-order valence-corrected chi connectivity index (χ3v) is 3.21. The van der Waals surface area contributed by atoms with Crippen molar-refractivity contribution in [2.75, 3.05) is 32.7 Å². The number of aromatic nitrogens is 3. The van der Waals surface area contributed by atoms with Crippen LogP contribution in [0.4, 0.5) is 0 Å². The van der Waals surface area contributed by atoms with E-state index in [-0.39, 0.29) is 6.54 Å². The Morgan fingerprint density at radius 2 is 2.06 bits per heavy atom. The van der Waals surface area contributed by atoms with Crippen molar-refractivity contribution in [2.45, 2.75) is 13.0 Å². The molecule has 0 amide bonds. The summed E-state index contributed by atoms with van der Waals surface area (Å²) in [5, 5.41) is 12.8. The van der Waals surface area contributed by atoms with Crippen LogP contribution in [-0.4, -0.2) is 68.4 Å². The number of carboxylic acids is 1. The van der Waals surface area contributed by atoms with Gasteiger partial charge >= 0.3 is 5.97 Å². The predicted octanol–water partition coefficient (Wildman–Crippen LogP) is -0.593. The summed E-state index contributed by atoms with van der Waals surface area (Å²) in [6, 6.07) is 0. The van der Waals surface area contributed by atoms with Crippen LogP contribution in [0.5, 0.6) is 0 Å². The van der Waals surface area contributed by atoms with Crippen LogP contribution in [0.15, 0.2) is 6.33 Å². The van der Waals surface area contributed by atoms with Gasteiger partial charge in [-0.25, -0.2) is 4.98 Å². The van der Waals surface area contributed by atoms with Gasteiger partial charge in [-0.3, -0.25) is 19.3 Å². The second kappa shape index (κ2) is 5.92. The third kappa shape index (κ3) is 3.51. The SMILES string of the molecule is Cn1ncnc1CN1CCCN(CC(=O)O)CC1. The molecule has 1 aliphatic rings. The molecule has 0 aliphatic carbocycles. The highest BCUT2D eigenvalue weighted by atomic mass is 16.4. The second-order valence-electron chi connectivity index (χ2n) is 4.60. The van der Waals surface area contributed by atoms with E-state index in [1.807, 2.05) is 11.9 Å². The van der Waals surface area contributed by atoms with Crippen molar-refractivity contribution < 1.29 is 9.90 Å². The Balaban J connectivity index is 1.85. The van der Waals surface area contributed by atoms with Gasteiger partial charge in [0.15, 0.2) is 0 Å². The van der Waals surface area contributed by atoms with Crippen LogP contribution in [0, 0.1) is 0 Å². The maximum absolute atomic E-state index is 10.7. The van der Waals surface area contributed by atoms with E-state index in [0.29, 0.717) is 0 Å². The molecule has 1 N–H and O–H groups in total. The Bertz CT molecular complexity index is 406. The lowest BCUT2D eigenvalue weighted by Gasteiger charge is -2.20. The molecule has 18 heavy (non-hydrogen) atoms. The fourth-order valence-electron chi connectivity index (χ4n) is 2.20. The summed E-state index contributed by atoms with van der Waals surface area (Å²) in [6.07, 6.45) is 2.55. The minimum absolute atomic E-state index is 0.137. The van der Waals surface area contributed by atoms with Gasteiger partial charge in [-0.05, 0) is 13.0 Å². The van der Waals surface area contributed by atoms with Crippen LogP contribution in [0.1, 0.15) is 12.2 Å². The van der Waals surface area contributed by atoms with E-state index in [1.54, 1.807) is 11.0 Å². The second-order valence-corrected chi connectivity index (χ2v) is 4.60. The fraction of sp³-hybridized carbons (Fsp3) is 0.727. The molecular formula is C11H19N5O2. The summed E-state index contributed by atoms with van der Waals surface area (Å²) in [6.45, 7) is 4.41. The summed E-state index contributed by atoms with van der Waals surface area (Å²) in [5.74, 6) is 0.193. The number of nitrogens with zero attached hydrogens (tertiary/aromatic N) is 5. The van der Waals surface area contributed by atoms with Gasteiger partial charge in [0.05, 0.1) is 13.1 Å². The van der Waals surface area contributed by atoms with E-state index in [0.717, 1.165) is 45.0 Å². The van der Waals surface area contributed by atoms with E-state index < -0.39 is 5.97 Å². The fourth-order valence-corrected chi connectivity index (χ4v) is 2.20. The molecule has 1 aromatic heterocycles. The Kier molecular flexibility index (Phi) is 4.27. The van der Waals surface area contributed by atoms with E-state index in [1.165, 1.54) is 0 Å². The van der Waals surface area contributed by atoms with E-state index in [4.69, 9.17) is 5.11 Å². The minimum atomic E-state index is -0.753. The maximum atomic E-state index is 10.7. The summed E-state index contributed by atoms with van der Waals surface area (Å²) < 4.78 is 1.78. The molecular weight excluding hydrogens is 234 g/mol. The molecule has 7 heteroatoms. The Morgan fingerprint density at radius 1 is 1.33 bits per heavy atom. The van der Waals surface area contributed by atoms with Gasteiger partial charge in [-0.15, -0.1) is 0 Å². The Labute approximate surface area is 106 Å². The van der Waals surface area contributed by atoms with Crippen LogP contribution in [0.2, 0.25) is 0 Å². The lowest BCUT2D eigenvalue weighted by molar-refractivity contribution is -0.138. The van der Waals surface area contributed by atoms with Gasteiger partial charge in [0.2, 0.25) is 0 Å². The molecule has 1 fully saturated rings. The molecule has 1 aliphatic heterocycles. The molecule has 0 saturated carbocycles. The molecule has 0 spiro atoms. The van der Waals surface area contributed by atoms with Gasteiger partial charge in [0.25, 0.3) is 0 Å². The van der Waals surface area contributed by atoms with E-state index >= 15 is 0 Å². The summed E-state index contributed by atoms with van der Waals surface area (Å²) in [5.41, 5.74) is 0. The average molecular weight is 253 g/mol. The summed E-state index contributed by atoms with van der Waals surface area (Å²) in [7, 11) is 1.89. The van der Waals surface area contributed by atoms with E-state index in [2.05, 4.69) is 15.0 Å². The largest absolute Gasteiger partial charge is 0.480 e. The summed E-state index contributed by atoms with van der Waals surface area (Å²) in [4.78, 5) is 19.2. The van der Waals surface area contributed by atoms with Gasteiger partial charge in [0, 0.05) is 26.7 Å².